The highest BCUT2D eigenvalue weighted by Gasteiger charge is 2.41. The zero-order valence-electron chi connectivity index (χ0n) is 6.26. The molecule has 0 rings (SSSR count). The molecule has 0 aromatic rings. The molecule has 0 radical (unpaired) electrons. The minimum atomic E-state index is -3.99. The van der Waals surface area contributed by atoms with Crippen LogP contribution in [0.1, 0.15) is 19.8 Å². The van der Waals surface area contributed by atoms with Crippen LogP contribution >= 0.6 is 0 Å². The van der Waals surface area contributed by atoms with Crippen molar-refractivity contribution in [2.75, 3.05) is 0 Å². The number of hydrogen-bond acceptors (Lipinski definition) is 0. The van der Waals surface area contributed by atoms with Gasteiger partial charge in [0.1, 0.15) is 0 Å². The molecular formula is C6H8F6. The molecule has 0 aliphatic rings. The average molecular weight is 194 g/mol. The molecule has 0 unspecified atom stereocenters. The molecule has 74 valence electrons. The smallest absolute Gasteiger partial charge is 0.210 e. The van der Waals surface area contributed by atoms with Crippen LogP contribution in [0.15, 0.2) is 0 Å². The van der Waals surface area contributed by atoms with E-state index >= 15 is 0 Å². The standard InChI is InChI=1S/C6H8F6/c1-5(9,10)3-6(11,12)2-4(7)8/h4H,2-3H2,1H3. The number of halogens is 6. The Balaban J connectivity index is 4.04. The molecule has 0 aromatic heterocycles. The normalized spacial score (nSPS) is 14.0. The second-order valence-corrected chi connectivity index (χ2v) is 2.70. The molecule has 0 spiro atoms. The SMILES string of the molecule is CC(F)(F)CC(F)(F)CC(F)F. The highest BCUT2D eigenvalue weighted by Crippen LogP contribution is 2.34. The van der Waals surface area contributed by atoms with Crippen LogP contribution in [-0.2, 0) is 0 Å². The van der Waals surface area contributed by atoms with E-state index in [1.165, 1.54) is 0 Å². The van der Waals surface area contributed by atoms with Crippen molar-refractivity contribution in [3.05, 3.63) is 0 Å². The summed E-state index contributed by atoms with van der Waals surface area (Å²) in [5.74, 6) is -7.61. The van der Waals surface area contributed by atoms with E-state index in [1.54, 1.807) is 0 Å². The molecule has 0 bridgehead atoms. The Bertz CT molecular complexity index is 135. The van der Waals surface area contributed by atoms with Crippen LogP contribution in [0.2, 0.25) is 0 Å². The lowest BCUT2D eigenvalue weighted by Crippen LogP contribution is -2.28. The van der Waals surface area contributed by atoms with Crippen LogP contribution in [0.3, 0.4) is 0 Å². The van der Waals surface area contributed by atoms with Crippen LogP contribution in [0.5, 0.6) is 0 Å². The number of rotatable bonds is 4. The lowest BCUT2D eigenvalue weighted by molar-refractivity contribution is -0.123. The molecule has 0 saturated heterocycles. The maximum absolute atomic E-state index is 12.2. The Morgan fingerprint density at radius 3 is 1.75 bits per heavy atom. The maximum Gasteiger partial charge on any atom is 0.259 e. The topological polar surface area (TPSA) is 0 Å². The Hall–Kier alpha value is -0.420. The van der Waals surface area contributed by atoms with E-state index in [2.05, 4.69) is 0 Å². The predicted octanol–water partition coefficient (Wildman–Crippen LogP) is 3.32. The molecule has 0 atom stereocenters. The summed E-state index contributed by atoms with van der Waals surface area (Å²) < 4.78 is 71.1. The summed E-state index contributed by atoms with van der Waals surface area (Å²) in [7, 11) is 0. The van der Waals surface area contributed by atoms with Gasteiger partial charge in [-0.3, -0.25) is 0 Å². The molecule has 0 aliphatic heterocycles. The van der Waals surface area contributed by atoms with E-state index in [1.807, 2.05) is 0 Å². The van der Waals surface area contributed by atoms with Gasteiger partial charge < -0.3 is 0 Å². The third-order valence-electron chi connectivity index (χ3n) is 1.02. The quantitative estimate of drug-likeness (QED) is 0.602. The molecule has 12 heavy (non-hydrogen) atoms. The minimum Gasteiger partial charge on any atom is -0.210 e. The van der Waals surface area contributed by atoms with Gasteiger partial charge in [0.15, 0.2) is 0 Å². The van der Waals surface area contributed by atoms with Crippen LogP contribution in [0.4, 0.5) is 26.3 Å². The third kappa shape index (κ3) is 6.30. The first-order valence-electron chi connectivity index (χ1n) is 3.16. The largest absolute Gasteiger partial charge is 0.259 e. The fourth-order valence-electron chi connectivity index (χ4n) is 0.752. The predicted molar refractivity (Wildman–Crippen MR) is 30.8 cm³/mol. The summed E-state index contributed by atoms with van der Waals surface area (Å²) in [6.07, 6.45) is -6.90. The molecule has 0 aliphatic carbocycles. The van der Waals surface area contributed by atoms with E-state index in [9.17, 15) is 26.3 Å². The van der Waals surface area contributed by atoms with Gasteiger partial charge in [0.05, 0.1) is 12.8 Å². The van der Waals surface area contributed by atoms with Gasteiger partial charge in [-0.25, -0.2) is 26.3 Å². The Labute approximate surface area is 65.6 Å². The van der Waals surface area contributed by atoms with E-state index in [0.717, 1.165) is 0 Å². The summed E-state index contributed by atoms with van der Waals surface area (Å²) >= 11 is 0. The second kappa shape index (κ2) is 3.53. The van der Waals surface area contributed by atoms with Crippen LogP contribution < -0.4 is 0 Å². The average Bonchev–Trinajstić information content (AvgIpc) is 1.48. The summed E-state index contributed by atoms with van der Waals surface area (Å²) in [6.45, 7) is 0.270. The zero-order chi connectivity index (χ0) is 9.99. The molecule has 6 heteroatoms. The van der Waals surface area contributed by atoms with E-state index in [-0.39, 0.29) is 6.92 Å². The van der Waals surface area contributed by atoms with Gasteiger partial charge >= 0.3 is 0 Å². The van der Waals surface area contributed by atoms with Crippen LogP contribution in [0.25, 0.3) is 0 Å². The fourth-order valence-corrected chi connectivity index (χ4v) is 0.752. The molecule has 0 saturated carbocycles. The molecule has 0 N–H and O–H groups in total. The van der Waals surface area contributed by atoms with Gasteiger partial charge in [0.25, 0.3) is 11.8 Å². The first-order chi connectivity index (χ1) is 5.12. The fraction of sp³-hybridized carbons (Fsp3) is 1.00. The molecule has 0 heterocycles. The van der Waals surface area contributed by atoms with Gasteiger partial charge in [-0.2, -0.15) is 0 Å². The molecule has 0 nitrogen and oxygen atoms in total. The first kappa shape index (κ1) is 11.6. The van der Waals surface area contributed by atoms with Crippen molar-refractivity contribution >= 4 is 0 Å². The van der Waals surface area contributed by atoms with Crippen molar-refractivity contribution in [3.8, 4) is 0 Å². The van der Waals surface area contributed by atoms with E-state index in [4.69, 9.17) is 0 Å². The molecular weight excluding hydrogens is 186 g/mol. The lowest BCUT2D eigenvalue weighted by Gasteiger charge is -2.19. The highest BCUT2D eigenvalue weighted by molar-refractivity contribution is 4.74. The van der Waals surface area contributed by atoms with Crippen molar-refractivity contribution in [1.29, 1.82) is 0 Å². The molecule has 0 aromatic carbocycles. The van der Waals surface area contributed by atoms with Gasteiger partial charge in [0, 0.05) is 0 Å². The Kier molecular flexibility index (Phi) is 3.41. The zero-order valence-corrected chi connectivity index (χ0v) is 6.26. The van der Waals surface area contributed by atoms with Gasteiger partial charge in [-0.15, -0.1) is 0 Å². The van der Waals surface area contributed by atoms with Crippen molar-refractivity contribution < 1.29 is 26.3 Å². The van der Waals surface area contributed by atoms with Crippen LogP contribution in [0, 0.1) is 0 Å². The van der Waals surface area contributed by atoms with Crippen molar-refractivity contribution in [1.82, 2.24) is 0 Å². The van der Waals surface area contributed by atoms with Crippen LogP contribution in [-0.4, -0.2) is 18.3 Å². The third-order valence-corrected chi connectivity index (χ3v) is 1.02. The Morgan fingerprint density at radius 1 is 1.08 bits per heavy atom. The summed E-state index contributed by atoms with van der Waals surface area (Å²) in [6, 6.07) is 0. The summed E-state index contributed by atoms with van der Waals surface area (Å²) in [5, 5.41) is 0. The van der Waals surface area contributed by atoms with Gasteiger partial charge in [-0.1, -0.05) is 0 Å². The Morgan fingerprint density at radius 2 is 1.50 bits per heavy atom. The second-order valence-electron chi connectivity index (χ2n) is 2.70. The maximum atomic E-state index is 12.2. The van der Waals surface area contributed by atoms with E-state index in [0.29, 0.717) is 0 Å². The van der Waals surface area contributed by atoms with Gasteiger partial charge in [0.2, 0.25) is 6.43 Å². The monoisotopic (exact) mass is 194 g/mol. The lowest BCUT2D eigenvalue weighted by atomic mass is 10.1. The minimum absolute atomic E-state index is 0.270. The number of alkyl halides is 6. The first-order valence-corrected chi connectivity index (χ1v) is 3.16. The molecule has 0 amide bonds. The molecule has 0 fully saturated rings. The number of hydrogen-bond donors (Lipinski definition) is 0. The van der Waals surface area contributed by atoms with Crippen molar-refractivity contribution in [3.63, 3.8) is 0 Å². The van der Waals surface area contributed by atoms with Crippen molar-refractivity contribution in [2.45, 2.75) is 38.0 Å². The summed E-state index contributed by atoms with van der Waals surface area (Å²) in [4.78, 5) is 0. The van der Waals surface area contributed by atoms with Crippen molar-refractivity contribution in [2.24, 2.45) is 0 Å². The van der Waals surface area contributed by atoms with Gasteiger partial charge in [-0.05, 0) is 6.92 Å². The van der Waals surface area contributed by atoms with E-state index < -0.39 is 31.1 Å². The highest BCUT2D eigenvalue weighted by atomic mass is 19.3. The summed E-state index contributed by atoms with van der Waals surface area (Å²) in [5.41, 5.74) is 0.